The molecule has 0 aromatic carbocycles. The molecule has 4 rings (SSSR count). The lowest BCUT2D eigenvalue weighted by atomic mass is 9.45. The van der Waals surface area contributed by atoms with Crippen molar-refractivity contribution < 1.29 is 48.1 Å². The molecule has 10 heteroatoms. The third-order valence-corrected chi connectivity index (χ3v) is 10.9. The third kappa shape index (κ3) is 5.97. The largest absolute Gasteiger partial charge is 0.389 e. The molecule has 236 valence electrons. The highest BCUT2D eigenvalue weighted by atomic mass is 16.7. The molecule has 10 nitrogen and oxygen atoms in total. The molecule has 4 unspecified atom stereocenters. The summed E-state index contributed by atoms with van der Waals surface area (Å²) in [6.07, 6.45) is 8.29. The van der Waals surface area contributed by atoms with E-state index in [9.17, 15) is 10.2 Å². The standard InChI is InChI=1S/C31H52O10/c1-9-23(32)21-11-13-31(40-19-36-7)22-10-12-30(33)15-20(38-17-34-5)14-24(41-28(2,3)37-8)27(30)26(22)25(39-18-35-6)16-29(21,31)4/h1,20-27,32-33H,10-19H2,2-8H3/t20-,21+,22?,23?,24+,25+,26?,27?,29+,30-,31-/m0/s1. The van der Waals surface area contributed by atoms with Gasteiger partial charge in [-0.1, -0.05) is 12.8 Å². The number of aliphatic hydroxyl groups is 2. The highest BCUT2D eigenvalue weighted by Gasteiger charge is 2.72. The van der Waals surface area contributed by atoms with Crippen molar-refractivity contribution in [3.63, 3.8) is 0 Å². The Bertz CT molecular complexity index is 908. The van der Waals surface area contributed by atoms with Crippen molar-refractivity contribution in [3.05, 3.63) is 0 Å². The second-order valence-corrected chi connectivity index (χ2v) is 13.2. The Kier molecular flexibility index (Phi) is 10.5. The first kappa shape index (κ1) is 33.1. The van der Waals surface area contributed by atoms with Crippen LogP contribution in [0.25, 0.3) is 0 Å². The van der Waals surface area contributed by atoms with E-state index < -0.39 is 28.5 Å². The molecule has 2 N–H and O–H groups in total. The lowest BCUT2D eigenvalue weighted by molar-refractivity contribution is -0.327. The molecular weight excluding hydrogens is 532 g/mol. The Hall–Kier alpha value is -0.840. The van der Waals surface area contributed by atoms with E-state index in [4.69, 9.17) is 44.3 Å². The molecule has 0 aliphatic heterocycles. The fraction of sp³-hybridized carbons (Fsp3) is 0.935. The summed E-state index contributed by atoms with van der Waals surface area (Å²) in [5, 5.41) is 23.5. The lowest BCUT2D eigenvalue weighted by Crippen LogP contribution is -2.71. The van der Waals surface area contributed by atoms with Gasteiger partial charge >= 0.3 is 0 Å². The van der Waals surface area contributed by atoms with Crippen LogP contribution in [0.1, 0.15) is 65.7 Å². The molecule has 4 fully saturated rings. The molecule has 4 aliphatic carbocycles. The van der Waals surface area contributed by atoms with Crippen molar-refractivity contribution >= 4 is 0 Å². The number of aliphatic hydroxyl groups excluding tert-OH is 1. The molecule has 0 saturated heterocycles. The van der Waals surface area contributed by atoms with Crippen molar-refractivity contribution in [2.24, 2.45) is 29.1 Å². The van der Waals surface area contributed by atoms with E-state index in [-0.39, 0.29) is 62.4 Å². The number of hydrogen-bond donors (Lipinski definition) is 2. The van der Waals surface area contributed by atoms with Crippen LogP contribution in [0.4, 0.5) is 0 Å². The van der Waals surface area contributed by atoms with Gasteiger partial charge in [-0.2, -0.15) is 0 Å². The molecule has 0 bridgehead atoms. The summed E-state index contributed by atoms with van der Waals surface area (Å²) in [5.41, 5.74) is -2.18. The van der Waals surface area contributed by atoms with Crippen LogP contribution in [0, 0.1) is 41.4 Å². The molecule has 11 atom stereocenters. The molecule has 0 amide bonds. The predicted molar refractivity (Wildman–Crippen MR) is 149 cm³/mol. The molecule has 0 heterocycles. The van der Waals surface area contributed by atoms with E-state index in [0.29, 0.717) is 32.1 Å². The Morgan fingerprint density at radius 2 is 1.63 bits per heavy atom. The van der Waals surface area contributed by atoms with Crippen molar-refractivity contribution in [2.45, 2.75) is 107 Å². The topological polar surface area (TPSA) is 114 Å². The maximum atomic E-state index is 12.5. The number of methoxy groups -OCH3 is 4. The highest BCUT2D eigenvalue weighted by molar-refractivity contribution is 5.23. The zero-order valence-corrected chi connectivity index (χ0v) is 25.9. The quantitative estimate of drug-likeness (QED) is 0.247. The second kappa shape index (κ2) is 13.0. The first-order valence-corrected chi connectivity index (χ1v) is 14.9. The zero-order chi connectivity index (χ0) is 30.1. The fourth-order valence-corrected chi connectivity index (χ4v) is 9.18. The zero-order valence-electron chi connectivity index (χ0n) is 25.9. The van der Waals surface area contributed by atoms with Crippen LogP contribution in [0.15, 0.2) is 0 Å². The minimum Gasteiger partial charge on any atom is -0.389 e. The van der Waals surface area contributed by atoms with Crippen molar-refractivity contribution in [1.29, 1.82) is 0 Å². The second-order valence-electron chi connectivity index (χ2n) is 13.2. The predicted octanol–water partition coefficient (Wildman–Crippen LogP) is 3.07. The Morgan fingerprint density at radius 1 is 0.951 bits per heavy atom. The van der Waals surface area contributed by atoms with E-state index in [1.54, 1.807) is 28.4 Å². The Morgan fingerprint density at radius 3 is 2.27 bits per heavy atom. The van der Waals surface area contributed by atoms with E-state index in [2.05, 4.69) is 12.8 Å². The van der Waals surface area contributed by atoms with Crippen LogP contribution < -0.4 is 0 Å². The monoisotopic (exact) mass is 584 g/mol. The average Bonchev–Trinajstić information content (AvgIpc) is 3.24. The molecule has 41 heavy (non-hydrogen) atoms. The van der Waals surface area contributed by atoms with Gasteiger partial charge in [0.25, 0.3) is 0 Å². The van der Waals surface area contributed by atoms with E-state index in [1.807, 2.05) is 13.8 Å². The van der Waals surface area contributed by atoms with Crippen LogP contribution in [-0.2, 0) is 37.9 Å². The molecule has 4 aliphatic rings. The van der Waals surface area contributed by atoms with Gasteiger partial charge in [0.1, 0.15) is 26.5 Å². The summed E-state index contributed by atoms with van der Waals surface area (Å²) in [4.78, 5) is 0. The first-order chi connectivity index (χ1) is 19.5. The maximum Gasteiger partial charge on any atom is 0.162 e. The van der Waals surface area contributed by atoms with Gasteiger partial charge in [0.15, 0.2) is 5.79 Å². The Labute approximate surface area is 245 Å². The minimum atomic E-state index is -1.06. The van der Waals surface area contributed by atoms with Gasteiger partial charge in [-0.15, -0.1) is 6.42 Å². The van der Waals surface area contributed by atoms with Crippen molar-refractivity contribution in [1.82, 2.24) is 0 Å². The van der Waals surface area contributed by atoms with Gasteiger partial charge in [-0.25, -0.2) is 0 Å². The smallest absolute Gasteiger partial charge is 0.162 e. The van der Waals surface area contributed by atoms with Crippen LogP contribution in [-0.4, -0.2) is 100 Å². The fourth-order valence-electron chi connectivity index (χ4n) is 9.18. The van der Waals surface area contributed by atoms with Crippen molar-refractivity contribution in [2.75, 3.05) is 48.8 Å². The SMILES string of the molecule is C#CC(O)[C@H]1CC[C@]2(OCOC)C3CC[C@]4(O)C[C@@H](OCOC)C[C@@H](OC(C)(C)OC)C4C3[C@H](OCOC)C[C@]12C. The van der Waals surface area contributed by atoms with E-state index in [1.165, 1.54) is 0 Å². The summed E-state index contributed by atoms with van der Waals surface area (Å²) >= 11 is 0. The minimum absolute atomic E-state index is 0.00768. The van der Waals surface area contributed by atoms with Gasteiger partial charge in [0.2, 0.25) is 0 Å². The molecule has 4 saturated carbocycles. The van der Waals surface area contributed by atoms with Crippen LogP contribution in [0.5, 0.6) is 0 Å². The molecule has 0 aromatic rings. The molecule has 0 aromatic heterocycles. The van der Waals surface area contributed by atoms with Gasteiger partial charge in [0, 0.05) is 58.5 Å². The number of fused-ring (bicyclic) bond motifs is 5. The average molecular weight is 585 g/mol. The maximum absolute atomic E-state index is 12.5. The number of hydrogen-bond acceptors (Lipinski definition) is 10. The van der Waals surface area contributed by atoms with Crippen LogP contribution in [0.2, 0.25) is 0 Å². The summed E-state index contributed by atoms with van der Waals surface area (Å²) in [7, 11) is 6.45. The van der Waals surface area contributed by atoms with Crippen LogP contribution >= 0.6 is 0 Å². The lowest BCUT2D eigenvalue weighted by Gasteiger charge is -2.66. The van der Waals surface area contributed by atoms with Crippen LogP contribution in [0.3, 0.4) is 0 Å². The molecule has 0 radical (unpaired) electrons. The summed E-state index contributed by atoms with van der Waals surface area (Å²) in [6, 6.07) is 0. The van der Waals surface area contributed by atoms with Crippen molar-refractivity contribution in [3.8, 4) is 12.3 Å². The van der Waals surface area contributed by atoms with Gasteiger partial charge in [-0.05, 0) is 57.8 Å². The number of ether oxygens (including phenoxy) is 8. The van der Waals surface area contributed by atoms with Gasteiger partial charge in [0.05, 0.1) is 29.5 Å². The van der Waals surface area contributed by atoms with Gasteiger partial charge in [-0.3, -0.25) is 0 Å². The number of rotatable bonds is 13. The first-order valence-electron chi connectivity index (χ1n) is 14.9. The normalized spacial score (nSPS) is 43.1. The summed E-state index contributed by atoms with van der Waals surface area (Å²) < 4.78 is 47.7. The molecular formula is C31H52O10. The third-order valence-electron chi connectivity index (χ3n) is 10.9. The van der Waals surface area contributed by atoms with Gasteiger partial charge < -0.3 is 48.1 Å². The van der Waals surface area contributed by atoms with E-state index in [0.717, 1.165) is 12.8 Å². The highest BCUT2D eigenvalue weighted by Crippen LogP contribution is 2.69. The summed E-state index contributed by atoms with van der Waals surface area (Å²) in [6.45, 7) is 6.32. The van der Waals surface area contributed by atoms with E-state index >= 15 is 0 Å². The summed E-state index contributed by atoms with van der Waals surface area (Å²) in [5.74, 6) is 1.11. The Balaban J connectivity index is 1.82. The number of terminal acetylenes is 1. The molecule has 0 spiro atoms.